The summed E-state index contributed by atoms with van der Waals surface area (Å²) in [6, 6.07) is 7.70. The third-order valence-electron chi connectivity index (χ3n) is 3.78. The largest absolute Gasteiger partial charge is 0.391 e. The van der Waals surface area contributed by atoms with Crippen LogP contribution in [-0.4, -0.2) is 38.9 Å². The minimum atomic E-state index is -0.404. The van der Waals surface area contributed by atoms with E-state index in [-0.39, 0.29) is 11.9 Å². The Morgan fingerprint density at radius 3 is 3.00 bits per heavy atom. The lowest BCUT2D eigenvalue weighted by Crippen LogP contribution is -2.45. The van der Waals surface area contributed by atoms with Crippen LogP contribution in [-0.2, 0) is 4.79 Å². The van der Waals surface area contributed by atoms with Crippen molar-refractivity contribution in [1.29, 1.82) is 0 Å². The molecule has 3 rings (SSSR count). The van der Waals surface area contributed by atoms with Crippen molar-refractivity contribution in [3.63, 3.8) is 0 Å². The van der Waals surface area contributed by atoms with Gasteiger partial charge in [-0.2, -0.15) is 0 Å². The van der Waals surface area contributed by atoms with Crippen molar-refractivity contribution in [3.8, 4) is 0 Å². The van der Waals surface area contributed by atoms with Gasteiger partial charge in [-0.05, 0) is 25.0 Å². The number of nitrogens with one attached hydrogen (secondary N) is 2. The number of amides is 1. The molecule has 1 fully saturated rings. The van der Waals surface area contributed by atoms with E-state index in [1.807, 2.05) is 24.3 Å². The molecule has 0 spiro atoms. The Kier molecular flexibility index (Phi) is 4.45. The van der Waals surface area contributed by atoms with Gasteiger partial charge < -0.3 is 15.4 Å². The van der Waals surface area contributed by atoms with Crippen LogP contribution in [0, 0.1) is 0 Å². The number of aliphatic hydroxyl groups excluding tert-OH is 1. The third kappa shape index (κ3) is 3.57. The zero-order valence-electron chi connectivity index (χ0n) is 11.7. The highest BCUT2D eigenvalue weighted by Gasteiger charge is 2.24. The topological polar surface area (TPSA) is 78.0 Å². The van der Waals surface area contributed by atoms with Crippen LogP contribution < -0.4 is 5.32 Å². The molecule has 1 heterocycles. The number of imidazole rings is 1. The smallest absolute Gasteiger partial charge is 0.230 e. The fraction of sp³-hybridized carbons (Fsp3) is 0.467. The van der Waals surface area contributed by atoms with Crippen LogP contribution in [0.4, 0.5) is 0 Å². The lowest BCUT2D eigenvalue weighted by molar-refractivity contribution is -0.120. The van der Waals surface area contributed by atoms with Crippen molar-refractivity contribution in [2.24, 2.45) is 0 Å². The Balaban J connectivity index is 1.53. The van der Waals surface area contributed by atoms with Gasteiger partial charge in [0.25, 0.3) is 0 Å². The monoisotopic (exact) mass is 305 g/mol. The molecule has 112 valence electrons. The number of H-pyrrole nitrogens is 1. The molecule has 3 N–H and O–H groups in total. The number of nitrogens with zero attached hydrogens (tertiary/aromatic N) is 1. The van der Waals surface area contributed by atoms with Crippen LogP contribution in [0.5, 0.6) is 0 Å². The minimum absolute atomic E-state index is 0.0496. The summed E-state index contributed by atoms with van der Waals surface area (Å²) in [5, 5.41) is 13.5. The van der Waals surface area contributed by atoms with Gasteiger partial charge in [-0.3, -0.25) is 4.79 Å². The molecule has 1 aliphatic rings. The first-order valence-electron chi connectivity index (χ1n) is 7.27. The lowest BCUT2D eigenvalue weighted by Gasteiger charge is -2.28. The predicted molar refractivity (Wildman–Crippen MR) is 83.2 cm³/mol. The molecule has 21 heavy (non-hydrogen) atoms. The highest BCUT2D eigenvalue weighted by Crippen LogP contribution is 2.20. The van der Waals surface area contributed by atoms with Crippen molar-refractivity contribution < 1.29 is 9.90 Å². The average Bonchev–Trinajstić information content (AvgIpc) is 2.90. The molecule has 0 radical (unpaired) electrons. The first-order valence-corrected chi connectivity index (χ1v) is 8.26. The van der Waals surface area contributed by atoms with E-state index in [0.717, 1.165) is 41.9 Å². The Labute approximate surface area is 127 Å². The van der Waals surface area contributed by atoms with Gasteiger partial charge in [0.2, 0.25) is 5.91 Å². The van der Waals surface area contributed by atoms with Crippen LogP contribution in [0.1, 0.15) is 25.7 Å². The van der Waals surface area contributed by atoms with Crippen molar-refractivity contribution >= 4 is 28.7 Å². The average molecular weight is 305 g/mol. The van der Waals surface area contributed by atoms with E-state index in [0.29, 0.717) is 5.75 Å². The fourth-order valence-corrected chi connectivity index (χ4v) is 3.36. The minimum Gasteiger partial charge on any atom is -0.391 e. The van der Waals surface area contributed by atoms with E-state index in [9.17, 15) is 9.90 Å². The number of thioether (sulfide) groups is 1. The van der Waals surface area contributed by atoms with E-state index >= 15 is 0 Å². The molecule has 1 saturated carbocycles. The number of aliphatic hydroxyl groups is 1. The summed E-state index contributed by atoms with van der Waals surface area (Å²) in [4.78, 5) is 19.6. The molecule has 2 aromatic rings. The molecule has 1 amide bonds. The van der Waals surface area contributed by atoms with E-state index in [4.69, 9.17) is 0 Å². The summed E-state index contributed by atoms with van der Waals surface area (Å²) < 4.78 is 0. The number of fused-ring (bicyclic) bond motifs is 1. The molecule has 0 aliphatic heterocycles. The van der Waals surface area contributed by atoms with Gasteiger partial charge in [0.1, 0.15) is 0 Å². The number of aromatic nitrogens is 2. The van der Waals surface area contributed by atoms with E-state index in [2.05, 4.69) is 15.3 Å². The molecule has 0 saturated heterocycles. The van der Waals surface area contributed by atoms with Crippen LogP contribution in [0.2, 0.25) is 0 Å². The van der Waals surface area contributed by atoms with E-state index in [1.54, 1.807) is 0 Å². The highest BCUT2D eigenvalue weighted by molar-refractivity contribution is 7.99. The molecule has 1 aromatic heterocycles. The summed E-state index contributed by atoms with van der Waals surface area (Å²) in [6.07, 6.45) is 3.35. The fourth-order valence-electron chi connectivity index (χ4n) is 2.66. The Morgan fingerprint density at radius 2 is 2.19 bits per heavy atom. The van der Waals surface area contributed by atoms with Gasteiger partial charge in [0.15, 0.2) is 5.16 Å². The summed E-state index contributed by atoms with van der Waals surface area (Å²) in [6.45, 7) is 0. The number of rotatable bonds is 4. The van der Waals surface area contributed by atoms with Crippen molar-refractivity contribution in [3.05, 3.63) is 24.3 Å². The Morgan fingerprint density at radius 1 is 1.38 bits per heavy atom. The third-order valence-corrected chi connectivity index (χ3v) is 4.66. The second-order valence-corrected chi connectivity index (χ2v) is 6.34. The number of benzene rings is 1. The Bertz CT molecular complexity index is 595. The molecule has 5 nitrogen and oxygen atoms in total. The second kappa shape index (κ2) is 6.49. The zero-order valence-corrected chi connectivity index (χ0v) is 12.5. The number of carbonyl (C=O) groups excluding carboxylic acids is 1. The molecule has 2 unspecified atom stereocenters. The molecule has 2 atom stereocenters. The quantitative estimate of drug-likeness (QED) is 0.756. The van der Waals surface area contributed by atoms with Crippen LogP contribution in [0.15, 0.2) is 29.4 Å². The van der Waals surface area contributed by atoms with Gasteiger partial charge >= 0.3 is 0 Å². The number of aromatic amines is 1. The number of carbonyl (C=O) groups is 1. The molecular weight excluding hydrogens is 286 g/mol. The van der Waals surface area contributed by atoms with Crippen LogP contribution >= 0.6 is 11.8 Å². The highest BCUT2D eigenvalue weighted by atomic mass is 32.2. The molecule has 1 aliphatic carbocycles. The molecule has 1 aromatic carbocycles. The van der Waals surface area contributed by atoms with Gasteiger partial charge in [0.05, 0.1) is 28.9 Å². The van der Waals surface area contributed by atoms with Gasteiger partial charge in [-0.15, -0.1) is 0 Å². The summed E-state index contributed by atoms with van der Waals surface area (Å²) in [5.41, 5.74) is 1.88. The van der Waals surface area contributed by atoms with Crippen LogP contribution in [0.3, 0.4) is 0 Å². The zero-order chi connectivity index (χ0) is 14.7. The van der Waals surface area contributed by atoms with Crippen molar-refractivity contribution in [1.82, 2.24) is 15.3 Å². The van der Waals surface area contributed by atoms with Crippen LogP contribution in [0.25, 0.3) is 11.0 Å². The maximum Gasteiger partial charge on any atom is 0.230 e. The predicted octanol–water partition coefficient (Wildman–Crippen LogP) is 2.07. The van der Waals surface area contributed by atoms with Gasteiger partial charge in [-0.25, -0.2) is 4.98 Å². The number of hydrogen-bond donors (Lipinski definition) is 3. The SMILES string of the molecule is O=C(CSc1nc2ccccc2[nH]1)NC1CCCCC1O. The summed E-state index contributed by atoms with van der Waals surface area (Å²) >= 11 is 1.38. The van der Waals surface area contributed by atoms with E-state index in [1.165, 1.54) is 11.8 Å². The summed E-state index contributed by atoms with van der Waals surface area (Å²) in [7, 11) is 0. The number of para-hydroxylation sites is 2. The maximum atomic E-state index is 12.0. The first-order chi connectivity index (χ1) is 10.2. The molecule has 0 bridgehead atoms. The normalized spacial score (nSPS) is 22.3. The van der Waals surface area contributed by atoms with Crippen molar-refractivity contribution in [2.45, 2.75) is 43.0 Å². The second-order valence-electron chi connectivity index (χ2n) is 5.37. The maximum absolute atomic E-state index is 12.0. The van der Waals surface area contributed by atoms with Gasteiger partial charge in [-0.1, -0.05) is 36.7 Å². The van der Waals surface area contributed by atoms with E-state index < -0.39 is 6.10 Å². The first kappa shape index (κ1) is 14.4. The lowest BCUT2D eigenvalue weighted by atomic mass is 9.93. The standard InChI is InChI=1S/C15H19N3O2S/c19-13-8-4-3-7-12(13)16-14(20)9-21-15-17-10-5-1-2-6-11(10)18-15/h1-2,5-6,12-13,19H,3-4,7-9H2,(H,16,20)(H,17,18). The Hall–Kier alpha value is -1.53. The van der Waals surface area contributed by atoms with Gasteiger partial charge in [0, 0.05) is 0 Å². The molecular formula is C15H19N3O2S. The summed E-state index contributed by atoms with van der Waals surface area (Å²) in [5.74, 6) is 0.259. The van der Waals surface area contributed by atoms with Crippen molar-refractivity contribution in [2.75, 3.05) is 5.75 Å². The number of hydrogen-bond acceptors (Lipinski definition) is 4. The molecule has 6 heteroatoms.